The van der Waals surface area contributed by atoms with Gasteiger partial charge in [0.25, 0.3) is 0 Å². The fraction of sp³-hybridized carbons (Fsp3) is 0.538. The van der Waals surface area contributed by atoms with E-state index in [1.165, 1.54) is 6.07 Å². The molecule has 0 aliphatic heterocycles. The molecule has 100 valence electrons. The van der Waals surface area contributed by atoms with E-state index in [1.807, 2.05) is 4.90 Å². The summed E-state index contributed by atoms with van der Waals surface area (Å²) in [5, 5.41) is 18.9. The molecule has 0 bridgehead atoms. The van der Waals surface area contributed by atoms with Gasteiger partial charge in [-0.2, -0.15) is 0 Å². The third-order valence-electron chi connectivity index (χ3n) is 3.18. The van der Waals surface area contributed by atoms with Gasteiger partial charge in [0.1, 0.15) is 11.6 Å². The summed E-state index contributed by atoms with van der Waals surface area (Å²) in [5.41, 5.74) is 0.0972. The van der Waals surface area contributed by atoms with Crippen LogP contribution in [0.2, 0.25) is 0 Å². The van der Waals surface area contributed by atoms with Crippen molar-refractivity contribution in [3.63, 3.8) is 0 Å². The molecule has 0 saturated heterocycles. The van der Waals surface area contributed by atoms with Crippen LogP contribution in [0.15, 0.2) is 18.2 Å². The summed E-state index contributed by atoms with van der Waals surface area (Å²) in [4.78, 5) is 1.94. The lowest BCUT2D eigenvalue weighted by Crippen LogP contribution is -2.33. The summed E-state index contributed by atoms with van der Waals surface area (Å²) in [5.74, 6) is -1.39. The zero-order valence-corrected chi connectivity index (χ0v) is 10.0. The lowest BCUT2D eigenvalue weighted by atomic mass is 10.1. The predicted molar refractivity (Wildman–Crippen MR) is 63.0 cm³/mol. The molecule has 1 aromatic carbocycles. The Balaban J connectivity index is 2.03. The quantitative estimate of drug-likeness (QED) is 0.810. The summed E-state index contributed by atoms with van der Waals surface area (Å²) in [6.45, 7) is 0.730. The van der Waals surface area contributed by atoms with Crippen molar-refractivity contribution in [1.29, 1.82) is 0 Å². The van der Waals surface area contributed by atoms with Gasteiger partial charge in [-0.1, -0.05) is 6.07 Å². The number of aliphatic hydroxyl groups is 2. The number of halogens is 2. The van der Waals surface area contributed by atoms with Gasteiger partial charge in [0.15, 0.2) is 0 Å². The highest BCUT2D eigenvalue weighted by molar-refractivity contribution is 5.21. The van der Waals surface area contributed by atoms with Crippen molar-refractivity contribution in [3.8, 4) is 0 Å². The van der Waals surface area contributed by atoms with E-state index in [0.29, 0.717) is 12.6 Å². The average Bonchev–Trinajstić information content (AvgIpc) is 3.11. The highest BCUT2D eigenvalue weighted by atomic mass is 19.1. The van der Waals surface area contributed by atoms with E-state index in [9.17, 15) is 13.9 Å². The minimum atomic E-state index is -1.00. The molecule has 1 fully saturated rings. The van der Waals surface area contributed by atoms with Gasteiger partial charge in [-0.05, 0) is 18.9 Å². The molecule has 1 aliphatic carbocycles. The van der Waals surface area contributed by atoms with E-state index in [1.54, 1.807) is 0 Å². The van der Waals surface area contributed by atoms with Crippen LogP contribution in [0.5, 0.6) is 0 Å². The normalized spacial score (nSPS) is 17.2. The molecular formula is C13H17F2NO2. The van der Waals surface area contributed by atoms with Crippen LogP contribution in [0.4, 0.5) is 8.78 Å². The Kier molecular flexibility index (Phi) is 4.27. The first-order valence-electron chi connectivity index (χ1n) is 6.09. The minimum absolute atomic E-state index is 0.00905. The number of hydrogen-bond donors (Lipinski definition) is 2. The lowest BCUT2D eigenvalue weighted by molar-refractivity contribution is 0.0928. The molecule has 0 amide bonds. The Morgan fingerprint density at radius 1 is 1.33 bits per heavy atom. The van der Waals surface area contributed by atoms with Crippen LogP contribution in [-0.4, -0.2) is 40.9 Å². The van der Waals surface area contributed by atoms with Crippen LogP contribution < -0.4 is 0 Å². The Morgan fingerprint density at radius 2 is 2.06 bits per heavy atom. The molecule has 1 unspecified atom stereocenters. The molecule has 5 heteroatoms. The van der Waals surface area contributed by atoms with Crippen LogP contribution in [0.3, 0.4) is 0 Å². The van der Waals surface area contributed by atoms with Crippen LogP contribution in [0.25, 0.3) is 0 Å². The van der Waals surface area contributed by atoms with Gasteiger partial charge in [-0.15, -0.1) is 0 Å². The van der Waals surface area contributed by atoms with Crippen molar-refractivity contribution in [2.24, 2.45) is 0 Å². The molecule has 0 aromatic heterocycles. The first kappa shape index (κ1) is 13.4. The molecule has 2 N–H and O–H groups in total. The first-order chi connectivity index (χ1) is 8.61. The zero-order valence-electron chi connectivity index (χ0n) is 10.0. The third-order valence-corrected chi connectivity index (χ3v) is 3.18. The molecule has 2 rings (SSSR count). The lowest BCUT2D eigenvalue weighted by Gasteiger charge is -2.24. The van der Waals surface area contributed by atoms with E-state index in [2.05, 4.69) is 0 Å². The zero-order chi connectivity index (χ0) is 13.1. The summed E-state index contributed by atoms with van der Waals surface area (Å²) in [6, 6.07) is 3.54. The number of nitrogens with zero attached hydrogens (tertiary/aromatic N) is 1. The van der Waals surface area contributed by atoms with Crippen LogP contribution in [0.1, 0.15) is 24.5 Å². The van der Waals surface area contributed by atoms with Crippen molar-refractivity contribution in [3.05, 3.63) is 35.4 Å². The van der Waals surface area contributed by atoms with Gasteiger partial charge in [0, 0.05) is 30.8 Å². The second-order valence-corrected chi connectivity index (χ2v) is 4.63. The molecule has 0 spiro atoms. The van der Waals surface area contributed by atoms with E-state index >= 15 is 0 Å². The van der Waals surface area contributed by atoms with Crippen LogP contribution >= 0.6 is 0 Å². The van der Waals surface area contributed by atoms with E-state index in [-0.39, 0.29) is 18.7 Å². The summed E-state index contributed by atoms with van der Waals surface area (Å²) >= 11 is 0. The van der Waals surface area contributed by atoms with E-state index in [4.69, 9.17) is 5.11 Å². The van der Waals surface area contributed by atoms with E-state index in [0.717, 1.165) is 25.0 Å². The third kappa shape index (κ3) is 3.25. The van der Waals surface area contributed by atoms with E-state index < -0.39 is 17.7 Å². The SMILES string of the molecule is OCCN(CC(O)c1ccc(F)cc1F)C1CC1. The maximum absolute atomic E-state index is 13.5. The molecule has 1 aliphatic rings. The summed E-state index contributed by atoms with van der Waals surface area (Å²) in [6.07, 6.45) is 1.08. The Bertz CT molecular complexity index is 410. The van der Waals surface area contributed by atoms with Gasteiger partial charge >= 0.3 is 0 Å². The second-order valence-electron chi connectivity index (χ2n) is 4.63. The highest BCUT2D eigenvalue weighted by Crippen LogP contribution is 2.29. The fourth-order valence-electron chi connectivity index (χ4n) is 2.08. The average molecular weight is 257 g/mol. The summed E-state index contributed by atoms with van der Waals surface area (Å²) in [7, 11) is 0. The molecule has 1 atom stereocenters. The van der Waals surface area contributed by atoms with Gasteiger partial charge in [-0.25, -0.2) is 8.78 Å². The highest BCUT2D eigenvalue weighted by Gasteiger charge is 2.30. The Hall–Kier alpha value is -1.04. The Labute approximate surface area is 105 Å². The second kappa shape index (κ2) is 5.73. The maximum Gasteiger partial charge on any atom is 0.131 e. The Morgan fingerprint density at radius 3 is 2.61 bits per heavy atom. The van der Waals surface area contributed by atoms with Crippen LogP contribution in [-0.2, 0) is 0 Å². The molecule has 3 nitrogen and oxygen atoms in total. The minimum Gasteiger partial charge on any atom is -0.395 e. The monoisotopic (exact) mass is 257 g/mol. The van der Waals surface area contributed by atoms with Crippen molar-refractivity contribution in [1.82, 2.24) is 4.90 Å². The molecule has 0 heterocycles. The van der Waals surface area contributed by atoms with Crippen molar-refractivity contribution in [2.75, 3.05) is 19.7 Å². The fourth-order valence-corrected chi connectivity index (χ4v) is 2.08. The van der Waals surface area contributed by atoms with Gasteiger partial charge in [0.05, 0.1) is 12.7 Å². The van der Waals surface area contributed by atoms with Crippen molar-refractivity contribution >= 4 is 0 Å². The number of hydrogen-bond acceptors (Lipinski definition) is 3. The standard InChI is InChI=1S/C13H17F2NO2/c14-9-1-4-11(12(15)7-9)13(18)8-16(5-6-17)10-2-3-10/h1,4,7,10,13,17-18H,2-3,5-6,8H2. The van der Waals surface area contributed by atoms with Crippen molar-refractivity contribution in [2.45, 2.75) is 25.0 Å². The molecule has 1 aromatic rings. The predicted octanol–water partition coefficient (Wildman–Crippen LogP) is 1.45. The smallest absolute Gasteiger partial charge is 0.131 e. The first-order valence-corrected chi connectivity index (χ1v) is 6.09. The van der Waals surface area contributed by atoms with Gasteiger partial charge < -0.3 is 10.2 Å². The maximum atomic E-state index is 13.5. The molecule has 1 saturated carbocycles. The number of rotatable bonds is 6. The van der Waals surface area contributed by atoms with Crippen LogP contribution in [0, 0.1) is 11.6 Å². The largest absolute Gasteiger partial charge is 0.395 e. The van der Waals surface area contributed by atoms with Gasteiger partial charge in [0.2, 0.25) is 0 Å². The molecular weight excluding hydrogens is 240 g/mol. The number of benzene rings is 1. The molecule has 18 heavy (non-hydrogen) atoms. The summed E-state index contributed by atoms with van der Waals surface area (Å²) < 4.78 is 26.3. The topological polar surface area (TPSA) is 43.7 Å². The number of aliphatic hydroxyl groups excluding tert-OH is 2. The van der Waals surface area contributed by atoms with Crippen molar-refractivity contribution < 1.29 is 19.0 Å². The molecule has 0 radical (unpaired) electrons. The van der Waals surface area contributed by atoms with Gasteiger partial charge in [-0.3, -0.25) is 4.90 Å².